The molecule has 1 heterocycles. The Labute approximate surface area is 116 Å². The van der Waals surface area contributed by atoms with Crippen molar-refractivity contribution in [1.82, 2.24) is 4.57 Å². The molecule has 0 amide bonds. The molecule has 1 aromatic heterocycles. The molecule has 1 aliphatic rings. The minimum Gasteiger partial charge on any atom is -0.481 e. The zero-order valence-corrected chi connectivity index (χ0v) is 11.5. The number of aliphatic carboxylic acids is 1. The minimum absolute atomic E-state index is 0.123. The number of halogens is 1. The van der Waals surface area contributed by atoms with Gasteiger partial charge in [0.2, 0.25) is 0 Å². The van der Waals surface area contributed by atoms with Crippen molar-refractivity contribution >= 4 is 28.5 Å². The van der Waals surface area contributed by atoms with Crippen molar-refractivity contribution in [2.75, 3.05) is 0 Å². The van der Waals surface area contributed by atoms with E-state index in [9.17, 15) is 4.79 Å². The van der Waals surface area contributed by atoms with E-state index in [4.69, 9.17) is 16.7 Å². The lowest BCUT2D eigenvalue weighted by atomic mass is 9.90. The van der Waals surface area contributed by atoms with Gasteiger partial charge in [0, 0.05) is 24.1 Å². The number of carboxylic acids is 1. The SMILES string of the molecule is Cn1cc(Cl)c2cc(C(CC(=O)O)C3CC3)ccc21. The molecule has 0 bridgehead atoms. The average Bonchev–Trinajstić information content (AvgIpc) is 3.15. The van der Waals surface area contributed by atoms with E-state index in [0.29, 0.717) is 5.92 Å². The maximum absolute atomic E-state index is 11.0. The summed E-state index contributed by atoms with van der Waals surface area (Å²) in [5.41, 5.74) is 2.18. The van der Waals surface area contributed by atoms with Crippen LogP contribution in [0.4, 0.5) is 0 Å². The Kier molecular flexibility index (Phi) is 3.02. The van der Waals surface area contributed by atoms with Gasteiger partial charge in [0.25, 0.3) is 0 Å². The van der Waals surface area contributed by atoms with Gasteiger partial charge < -0.3 is 9.67 Å². The fourth-order valence-corrected chi connectivity index (χ4v) is 3.13. The van der Waals surface area contributed by atoms with Gasteiger partial charge in [0.1, 0.15) is 0 Å². The normalized spacial score (nSPS) is 16.7. The molecule has 100 valence electrons. The summed E-state index contributed by atoms with van der Waals surface area (Å²) in [5.74, 6) is -0.0784. The molecule has 1 N–H and O–H groups in total. The topological polar surface area (TPSA) is 42.2 Å². The number of aromatic nitrogens is 1. The first-order chi connectivity index (χ1) is 9.06. The van der Waals surface area contributed by atoms with Crippen molar-refractivity contribution in [1.29, 1.82) is 0 Å². The van der Waals surface area contributed by atoms with Crippen molar-refractivity contribution < 1.29 is 9.90 Å². The van der Waals surface area contributed by atoms with Crippen LogP contribution in [0.1, 0.15) is 30.7 Å². The van der Waals surface area contributed by atoms with Crippen LogP contribution in [0.15, 0.2) is 24.4 Å². The number of rotatable bonds is 4. The Morgan fingerprint density at radius 1 is 1.53 bits per heavy atom. The first kappa shape index (κ1) is 12.5. The van der Waals surface area contributed by atoms with Crippen molar-refractivity contribution in [3.63, 3.8) is 0 Å². The number of hydrogen-bond acceptors (Lipinski definition) is 1. The lowest BCUT2D eigenvalue weighted by Crippen LogP contribution is -2.08. The first-order valence-corrected chi connectivity index (χ1v) is 6.90. The van der Waals surface area contributed by atoms with Crippen LogP contribution in [0.2, 0.25) is 5.02 Å². The summed E-state index contributed by atoms with van der Waals surface area (Å²) in [6.45, 7) is 0. The third-order valence-corrected chi connectivity index (χ3v) is 4.28. The molecule has 19 heavy (non-hydrogen) atoms. The van der Waals surface area contributed by atoms with E-state index in [0.717, 1.165) is 34.3 Å². The molecule has 1 aliphatic carbocycles. The number of carbonyl (C=O) groups is 1. The highest BCUT2D eigenvalue weighted by Gasteiger charge is 2.33. The molecule has 0 aliphatic heterocycles. The van der Waals surface area contributed by atoms with E-state index >= 15 is 0 Å². The summed E-state index contributed by atoms with van der Waals surface area (Å²) in [7, 11) is 1.96. The second kappa shape index (κ2) is 4.57. The molecule has 2 aromatic rings. The highest BCUT2D eigenvalue weighted by molar-refractivity contribution is 6.35. The molecule has 1 fully saturated rings. The standard InChI is InChI=1S/C15H16ClNO2/c1-17-8-13(16)12-6-10(4-5-14(12)17)11(7-15(18)19)9-2-3-9/h4-6,8-9,11H,2-3,7H2,1H3,(H,18,19). The Morgan fingerprint density at radius 3 is 2.89 bits per heavy atom. The van der Waals surface area contributed by atoms with Crippen molar-refractivity contribution in [2.24, 2.45) is 13.0 Å². The fraction of sp³-hybridized carbons (Fsp3) is 0.400. The molecular weight excluding hydrogens is 262 g/mol. The largest absolute Gasteiger partial charge is 0.481 e. The molecule has 1 unspecified atom stereocenters. The van der Waals surface area contributed by atoms with Crippen LogP contribution in [0.5, 0.6) is 0 Å². The predicted octanol–water partition coefficient (Wildman–Crippen LogP) is 3.80. The van der Waals surface area contributed by atoms with Gasteiger partial charge in [-0.05, 0) is 42.4 Å². The van der Waals surface area contributed by atoms with Crippen molar-refractivity contribution in [2.45, 2.75) is 25.2 Å². The van der Waals surface area contributed by atoms with Gasteiger partial charge in [0.05, 0.1) is 11.4 Å². The summed E-state index contributed by atoms with van der Waals surface area (Å²) < 4.78 is 1.99. The monoisotopic (exact) mass is 277 g/mol. The van der Waals surface area contributed by atoms with Crippen molar-refractivity contribution in [3.8, 4) is 0 Å². The van der Waals surface area contributed by atoms with E-state index in [1.165, 1.54) is 0 Å². The lowest BCUT2D eigenvalue weighted by Gasteiger charge is -2.14. The molecule has 1 saturated carbocycles. The Balaban J connectivity index is 2.03. The van der Waals surface area contributed by atoms with Crippen LogP contribution < -0.4 is 0 Å². The maximum Gasteiger partial charge on any atom is 0.303 e. The number of aryl methyl sites for hydroxylation is 1. The molecule has 0 saturated heterocycles. The quantitative estimate of drug-likeness (QED) is 0.924. The molecule has 3 rings (SSSR count). The van der Waals surface area contributed by atoms with E-state index in [-0.39, 0.29) is 12.3 Å². The van der Waals surface area contributed by atoms with Gasteiger partial charge in [-0.3, -0.25) is 4.79 Å². The third-order valence-electron chi connectivity index (χ3n) is 3.98. The minimum atomic E-state index is -0.726. The number of carboxylic acid groups (broad SMARTS) is 1. The molecule has 3 nitrogen and oxygen atoms in total. The lowest BCUT2D eigenvalue weighted by molar-refractivity contribution is -0.137. The first-order valence-electron chi connectivity index (χ1n) is 6.52. The average molecular weight is 278 g/mol. The van der Waals surface area contributed by atoms with Gasteiger partial charge in [-0.25, -0.2) is 0 Å². The van der Waals surface area contributed by atoms with E-state index in [1.54, 1.807) is 0 Å². The fourth-order valence-electron chi connectivity index (χ4n) is 2.84. The summed E-state index contributed by atoms with van der Waals surface area (Å²) in [5, 5.41) is 10.8. The summed E-state index contributed by atoms with van der Waals surface area (Å²) in [4.78, 5) is 11.0. The summed E-state index contributed by atoms with van der Waals surface area (Å²) >= 11 is 6.22. The Bertz CT molecular complexity index is 643. The number of fused-ring (bicyclic) bond motifs is 1. The highest BCUT2D eigenvalue weighted by Crippen LogP contribution is 2.45. The predicted molar refractivity (Wildman–Crippen MR) is 75.6 cm³/mol. The van der Waals surface area contributed by atoms with Crippen LogP contribution in [-0.4, -0.2) is 15.6 Å². The second-order valence-electron chi connectivity index (χ2n) is 5.41. The van der Waals surface area contributed by atoms with E-state index in [1.807, 2.05) is 29.9 Å². The van der Waals surface area contributed by atoms with Gasteiger partial charge in [-0.1, -0.05) is 17.7 Å². The van der Waals surface area contributed by atoms with E-state index < -0.39 is 5.97 Å². The van der Waals surface area contributed by atoms with Gasteiger partial charge >= 0.3 is 5.97 Å². The van der Waals surface area contributed by atoms with E-state index in [2.05, 4.69) is 6.07 Å². The molecule has 1 aromatic carbocycles. The van der Waals surface area contributed by atoms with Crippen LogP contribution >= 0.6 is 11.6 Å². The molecule has 0 radical (unpaired) electrons. The zero-order chi connectivity index (χ0) is 13.6. The number of hydrogen-bond donors (Lipinski definition) is 1. The second-order valence-corrected chi connectivity index (χ2v) is 5.81. The number of nitrogens with zero attached hydrogens (tertiary/aromatic N) is 1. The van der Waals surface area contributed by atoms with Crippen LogP contribution in [-0.2, 0) is 11.8 Å². The zero-order valence-electron chi connectivity index (χ0n) is 10.8. The molecular formula is C15H16ClNO2. The molecule has 0 spiro atoms. The maximum atomic E-state index is 11.0. The smallest absolute Gasteiger partial charge is 0.303 e. The molecule has 1 atom stereocenters. The summed E-state index contributed by atoms with van der Waals surface area (Å²) in [6.07, 6.45) is 4.37. The van der Waals surface area contributed by atoms with Gasteiger partial charge in [-0.2, -0.15) is 0 Å². The van der Waals surface area contributed by atoms with Crippen LogP contribution in [0, 0.1) is 5.92 Å². The van der Waals surface area contributed by atoms with Gasteiger partial charge in [-0.15, -0.1) is 0 Å². The number of benzene rings is 1. The molecule has 4 heteroatoms. The summed E-state index contributed by atoms with van der Waals surface area (Å²) in [6, 6.07) is 6.14. The van der Waals surface area contributed by atoms with Crippen molar-refractivity contribution in [3.05, 3.63) is 35.0 Å². The van der Waals surface area contributed by atoms with Gasteiger partial charge in [0.15, 0.2) is 0 Å². The van der Waals surface area contributed by atoms with Crippen LogP contribution in [0.3, 0.4) is 0 Å². The Morgan fingerprint density at radius 2 is 2.26 bits per heavy atom. The highest BCUT2D eigenvalue weighted by atomic mass is 35.5. The third kappa shape index (κ3) is 2.35. The Hall–Kier alpha value is -1.48. The van der Waals surface area contributed by atoms with Crippen LogP contribution in [0.25, 0.3) is 10.9 Å².